The first kappa shape index (κ1) is 23.8. The summed E-state index contributed by atoms with van der Waals surface area (Å²) in [5, 5.41) is 2.81. The van der Waals surface area contributed by atoms with Crippen LogP contribution in [0.1, 0.15) is 37.5 Å². The number of hydrogen-bond donors (Lipinski definition) is 1. The van der Waals surface area contributed by atoms with E-state index in [0.717, 1.165) is 0 Å². The zero-order valence-electron chi connectivity index (χ0n) is 18.3. The van der Waals surface area contributed by atoms with Gasteiger partial charge in [0.05, 0.1) is 18.4 Å². The number of nitrogens with zero attached hydrogens (tertiary/aromatic N) is 1. The predicted octanol–water partition coefficient (Wildman–Crippen LogP) is 5.61. The number of ether oxygens (including phenoxy) is 2. The second-order valence-electron chi connectivity index (χ2n) is 7.37. The molecule has 1 N–H and O–H groups in total. The number of nitrogens with one attached hydrogen (secondary N) is 1. The number of amides is 1. The Morgan fingerprint density at radius 2 is 1.61 bits per heavy atom. The maximum absolute atomic E-state index is 13.0. The molecule has 1 heterocycles. The van der Waals surface area contributed by atoms with Gasteiger partial charge in [0.25, 0.3) is 5.91 Å². The lowest BCUT2D eigenvalue weighted by Crippen LogP contribution is -2.18. The molecule has 0 aliphatic rings. The molecule has 1 amide bonds. The molecule has 0 radical (unpaired) electrons. The highest BCUT2D eigenvalue weighted by atomic mass is 19.4. The Morgan fingerprint density at radius 1 is 0.939 bits per heavy atom. The van der Waals surface area contributed by atoms with Crippen molar-refractivity contribution in [3.63, 3.8) is 0 Å². The molecule has 0 aliphatic heterocycles. The van der Waals surface area contributed by atoms with Gasteiger partial charge >= 0.3 is 12.3 Å². The van der Waals surface area contributed by atoms with E-state index in [1.165, 1.54) is 25.3 Å². The van der Waals surface area contributed by atoms with Crippen LogP contribution in [-0.4, -0.2) is 30.3 Å². The lowest BCUT2D eigenvalue weighted by atomic mass is 10.0. The number of carbonyl (C=O) groups is 2. The monoisotopic (exact) mass is 458 g/mol. The number of aromatic nitrogens is 1. The van der Waals surface area contributed by atoms with Crippen molar-refractivity contribution in [2.75, 3.05) is 12.4 Å². The van der Waals surface area contributed by atoms with Crippen molar-refractivity contribution in [3.8, 4) is 17.0 Å². The number of aryl methyl sites for hydroxylation is 3. The van der Waals surface area contributed by atoms with Gasteiger partial charge in [0, 0.05) is 11.3 Å². The number of esters is 1. The van der Waals surface area contributed by atoms with Crippen LogP contribution in [0, 0.1) is 20.8 Å². The van der Waals surface area contributed by atoms with E-state index in [2.05, 4.69) is 15.0 Å². The number of halogens is 3. The SMILES string of the molecule is COC(=O)c1cc(C)c(NC(=O)c2nc(-c3cccc(OC(F)(F)F)c3)ccc2C)c(C)c1. The summed E-state index contributed by atoms with van der Waals surface area (Å²) >= 11 is 0. The molecular weight excluding hydrogens is 437 g/mol. The summed E-state index contributed by atoms with van der Waals surface area (Å²) in [5.41, 5.74) is 3.59. The molecule has 0 saturated carbocycles. The number of rotatable bonds is 5. The van der Waals surface area contributed by atoms with Crippen molar-refractivity contribution in [1.29, 1.82) is 0 Å². The molecule has 6 nitrogen and oxygen atoms in total. The van der Waals surface area contributed by atoms with E-state index < -0.39 is 18.2 Å². The fraction of sp³-hybridized carbons (Fsp3) is 0.208. The van der Waals surface area contributed by atoms with E-state index >= 15 is 0 Å². The molecule has 0 atom stereocenters. The van der Waals surface area contributed by atoms with Gasteiger partial charge in [0.1, 0.15) is 11.4 Å². The average molecular weight is 458 g/mol. The maximum Gasteiger partial charge on any atom is 0.573 e. The fourth-order valence-corrected chi connectivity index (χ4v) is 3.34. The standard InChI is InChI=1S/C24H21F3N2O4/c1-13-8-9-19(16-6-5-7-18(12-16)33-24(25,26)27)28-21(13)22(30)29-20-14(2)10-17(11-15(20)3)23(31)32-4/h5-12H,1-4H3,(H,29,30). The second-order valence-corrected chi connectivity index (χ2v) is 7.37. The highest BCUT2D eigenvalue weighted by Crippen LogP contribution is 2.28. The lowest BCUT2D eigenvalue weighted by Gasteiger charge is -2.15. The summed E-state index contributed by atoms with van der Waals surface area (Å²) in [4.78, 5) is 29.2. The zero-order chi connectivity index (χ0) is 24.3. The molecule has 3 aromatic rings. The normalized spacial score (nSPS) is 11.1. The third-order valence-corrected chi connectivity index (χ3v) is 4.87. The largest absolute Gasteiger partial charge is 0.573 e. The first-order valence-electron chi connectivity index (χ1n) is 9.83. The number of methoxy groups -OCH3 is 1. The molecule has 2 aromatic carbocycles. The summed E-state index contributed by atoms with van der Waals surface area (Å²) in [6.45, 7) is 5.20. The number of benzene rings is 2. The molecule has 0 bridgehead atoms. The Hall–Kier alpha value is -3.88. The van der Waals surface area contributed by atoms with Crippen LogP contribution >= 0.6 is 0 Å². The van der Waals surface area contributed by atoms with Crippen molar-refractivity contribution in [2.24, 2.45) is 0 Å². The smallest absolute Gasteiger partial charge is 0.465 e. The van der Waals surface area contributed by atoms with E-state index in [-0.39, 0.29) is 11.4 Å². The first-order chi connectivity index (χ1) is 15.5. The molecule has 0 unspecified atom stereocenters. The second kappa shape index (κ2) is 9.32. The first-order valence-corrected chi connectivity index (χ1v) is 9.83. The number of hydrogen-bond acceptors (Lipinski definition) is 5. The lowest BCUT2D eigenvalue weighted by molar-refractivity contribution is -0.274. The summed E-state index contributed by atoms with van der Waals surface area (Å²) in [6, 6.07) is 11.9. The molecule has 0 spiro atoms. The van der Waals surface area contributed by atoms with E-state index in [9.17, 15) is 22.8 Å². The van der Waals surface area contributed by atoms with Crippen molar-refractivity contribution >= 4 is 17.6 Å². The highest BCUT2D eigenvalue weighted by Gasteiger charge is 2.31. The van der Waals surface area contributed by atoms with Crippen molar-refractivity contribution < 1.29 is 32.2 Å². The van der Waals surface area contributed by atoms with E-state index in [4.69, 9.17) is 4.74 Å². The third kappa shape index (κ3) is 5.68. The molecule has 172 valence electrons. The Kier molecular flexibility index (Phi) is 6.71. The van der Waals surface area contributed by atoms with E-state index in [1.807, 2.05) is 0 Å². The maximum atomic E-state index is 13.0. The van der Waals surface area contributed by atoms with Crippen LogP contribution in [0.4, 0.5) is 18.9 Å². The van der Waals surface area contributed by atoms with E-state index in [0.29, 0.717) is 39.2 Å². The zero-order valence-corrected chi connectivity index (χ0v) is 18.3. The van der Waals surface area contributed by atoms with Crippen LogP contribution < -0.4 is 10.1 Å². The quantitative estimate of drug-likeness (QED) is 0.503. The Labute approximate surface area is 188 Å². The average Bonchev–Trinajstić information content (AvgIpc) is 2.74. The van der Waals surface area contributed by atoms with Gasteiger partial charge in [0.2, 0.25) is 0 Å². The van der Waals surface area contributed by atoms with Crippen LogP contribution in [0.2, 0.25) is 0 Å². The molecular formula is C24H21F3N2O4. The number of carbonyl (C=O) groups excluding carboxylic acids is 2. The molecule has 1 aromatic heterocycles. The minimum atomic E-state index is -4.82. The van der Waals surface area contributed by atoms with Gasteiger partial charge < -0.3 is 14.8 Å². The topological polar surface area (TPSA) is 77.5 Å². The predicted molar refractivity (Wildman–Crippen MR) is 116 cm³/mol. The van der Waals surface area contributed by atoms with Crippen LogP contribution in [-0.2, 0) is 4.74 Å². The Balaban J connectivity index is 1.91. The molecule has 0 aliphatic carbocycles. The minimum absolute atomic E-state index is 0.116. The van der Waals surface area contributed by atoms with Crippen LogP contribution in [0.25, 0.3) is 11.3 Å². The van der Waals surface area contributed by atoms with E-state index in [1.54, 1.807) is 51.1 Å². The number of alkyl halides is 3. The molecule has 33 heavy (non-hydrogen) atoms. The summed E-state index contributed by atoms with van der Waals surface area (Å²) in [6.07, 6.45) is -4.82. The fourth-order valence-electron chi connectivity index (χ4n) is 3.34. The van der Waals surface area contributed by atoms with Crippen molar-refractivity contribution in [2.45, 2.75) is 27.1 Å². The molecule has 9 heteroatoms. The van der Waals surface area contributed by atoms with Crippen LogP contribution in [0.3, 0.4) is 0 Å². The van der Waals surface area contributed by atoms with Gasteiger partial charge in [-0.05, 0) is 67.8 Å². The van der Waals surface area contributed by atoms with Gasteiger partial charge in [-0.3, -0.25) is 4.79 Å². The summed E-state index contributed by atoms with van der Waals surface area (Å²) < 4.78 is 46.3. The van der Waals surface area contributed by atoms with Crippen LogP contribution in [0.5, 0.6) is 5.75 Å². The van der Waals surface area contributed by atoms with Gasteiger partial charge in [-0.1, -0.05) is 18.2 Å². The third-order valence-electron chi connectivity index (χ3n) is 4.87. The molecule has 0 fully saturated rings. The summed E-state index contributed by atoms with van der Waals surface area (Å²) in [7, 11) is 1.29. The number of pyridine rings is 1. The van der Waals surface area contributed by atoms with Gasteiger partial charge in [-0.25, -0.2) is 9.78 Å². The van der Waals surface area contributed by atoms with Gasteiger partial charge in [-0.2, -0.15) is 0 Å². The van der Waals surface area contributed by atoms with Crippen molar-refractivity contribution in [3.05, 3.63) is 76.5 Å². The van der Waals surface area contributed by atoms with Crippen molar-refractivity contribution in [1.82, 2.24) is 4.98 Å². The van der Waals surface area contributed by atoms with Gasteiger partial charge in [0.15, 0.2) is 0 Å². The summed E-state index contributed by atoms with van der Waals surface area (Å²) in [5.74, 6) is -1.36. The highest BCUT2D eigenvalue weighted by molar-refractivity contribution is 6.05. The Bertz CT molecular complexity index is 1200. The number of anilines is 1. The van der Waals surface area contributed by atoms with Gasteiger partial charge in [-0.15, -0.1) is 13.2 Å². The Morgan fingerprint density at radius 3 is 2.21 bits per heavy atom. The molecule has 0 saturated heterocycles. The minimum Gasteiger partial charge on any atom is -0.465 e. The molecule has 3 rings (SSSR count). The van der Waals surface area contributed by atoms with Crippen LogP contribution in [0.15, 0.2) is 48.5 Å².